The molecule has 0 aromatic heterocycles. The van der Waals surface area contributed by atoms with E-state index in [4.69, 9.17) is 74.3 Å². The van der Waals surface area contributed by atoms with Crippen molar-refractivity contribution in [3.63, 3.8) is 0 Å². The molecule has 3 unspecified atom stereocenters. The largest absolute Gasteiger partial charge is 0.614 e. The lowest BCUT2D eigenvalue weighted by Gasteiger charge is -2.47. The van der Waals surface area contributed by atoms with Crippen LogP contribution in [-0.4, -0.2) is 80.9 Å². The third-order valence-corrected chi connectivity index (χ3v) is 9.24. The minimum absolute atomic E-state index is 0.261. The number of aliphatic carboxylic acids is 1. The Balaban J connectivity index is 1.83. The van der Waals surface area contributed by atoms with Crippen LogP contribution in [0.15, 0.2) is 30.3 Å². The highest BCUT2D eigenvalue weighted by atomic mass is 35.6. The number of rotatable bonds is 7. The van der Waals surface area contributed by atoms with Crippen LogP contribution in [-0.2, 0) is 30.3 Å². The summed E-state index contributed by atoms with van der Waals surface area (Å²) >= 11 is 32.7. The van der Waals surface area contributed by atoms with E-state index in [-0.39, 0.29) is 5.69 Å². The average molecular weight is 672 g/mol. The first kappa shape index (κ1) is 31.5. The van der Waals surface area contributed by atoms with Crippen molar-refractivity contribution >= 4 is 110 Å². The van der Waals surface area contributed by atoms with E-state index >= 15 is 0 Å². The first-order valence-electron chi connectivity index (χ1n) is 10.7. The number of amides is 3. The molecular weight excluding hydrogens is 651 g/mol. The molecule has 2 saturated heterocycles. The SMILES string of the molecule is CC1(C)[S+]([O-])[C@@H]2C(NC(=O)CN(C(=O)OCC(Cl)(Cl)Cl)c3ccccc3)C(=O)N2C1(CC(Cl)(Cl)Cl)C(=O)O. The Kier molecular flexibility index (Phi) is 9.18. The highest BCUT2D eigenvalue weighted by Crippen LogP contribution is 2.57. The van der Waals surface area contributed by atoms with Gasteiger partial charge in [0.15, 0.2) is 20.1 Å². The van der Waals surface area contributed by atoms with Crippen LogP contribution in [0.25, 0.3) is 0 Å². The minimum Gasteiger partial charge on any atom is -0.614 e. The van der Waals surface area contributed by atoms with Crippen LogP contribution >= 0.6 is 69.6 Å². The predicted molar refractivity (Wildman–Crippen MR) is 145 cm³/mol. The predicted octanol–water partition coefficient (Wildman–Crippen LogP) is 3.78. The topological polar surface area (TPSA) is 139 Å². The first-order chi connectivity index (χ1) is 17.3. The Hall–Kier alpha value is -1.05. The van der Waals surface area contributed by atoms with Crippen molar-refractivity contribution in [1.29, 1.82) is 0 Å². The number of ether oxygens (including phenoxy) is 1. The van der Waals surface area contributed by atoms with Crippen LogP contribution in [0.4, 0.5) is 10.5 Å². The van der Waals surface area contributed by atoms with Gasteiger partial charge in [-0.25, -0.2) is 9.59 Å². The van der Waals surface area contributed by atoms with Gasteiger partial charge in [-0.3, -0.25) is 19.4 Å². The van der Waals surface area contributed by atoms with E-state index in [0.29, 0.717) is 0 Å². The van der Waals surface area contributed by atoms with E-state index in [1.54, 1.807) is 18.2 Å². The molecule has 4 atom stereocenters. The first-order valence-corrected chi connectivity index (χ1v) is 14.2. The Morgan fingerprint density at radius 2 is 1.71 bits per heavy atom. The fraction of sp³-hybridized carbons (Fsp3) is 0.524. The summed E-state index contributed by atoms with van der Waals surface area (Å²) in [7, 11) is 0. The molecule has 0 aliphatic carbocycles. The number of alkyl halides is 6. The summed E-state index contributed by atoms with van der Waals surface area (Å²) in [5.41, 5.74) is -1.86. The number of nitrogens with one attached hydrogen (secondary N) is 1. The van der Waals surface area contributed by atoms with Gasteiger partial charge in [-0.2, -0.15) is 0 Å². The molecule has 210 valence electrons. The lowest BCUT2D eigenvalue weighted by molar-refractivity contribution is -0.172. The van der Waals surface area contributed by atoms with Crippen molar-refractivity contribution in [2.45, 2.75) is 49.6 Å². The molecule has 10 nitrogen and oxygen atoms in total. The molecule has 2 aliphatic rings. The zero-order valence-electron chi connectivity index (χ0n) is 19.6. The number of para-hydroxylation sites is 1. The highest BCUT2D eigenvalue weighted by Gasteiger charge is 2.81. The molecular formula is C21H21Cl6N3O7S. The summed E-state index contributed by atoms with van der Waals surface area (Å²) in [6.07, 6.45) is -1.66. The number of carbonyl (C=O) groups is 4. The van der Waals surface area contributed by atoms with Crippen molar-refractivity contribution in [3.05, 3.63) is 30.3 Å². The van der Waals surface area contributed by atoms with Crippen LogP contribution in [0.2, 0.25) is 0 Å². The third kappa shape index (κ3) is 6.00. The third-order valence-electron chi connectivity index (χ3n) is 6.25. The van der Waals surface area contributed by atoms with Gasteiger partial charge < -0.3 is 19.7 Å². The molecule has 0 bridgehead atoms. The monoisotopic (exact) mass is 669 g/mol. The van der Waals surface area contributed by atoms with E-state index in [1.807, 2.05) is 0 Å². The molecule has 2 N–H and O–H groups in total. The number of carbonyl (C=O) groups excluding carboxylic acids is 3. The Morgan fingerprint density at radius 3 is 2.21 bits per heavy atom. The van der Waals surface area contributed by atoms with Gasteiger partial charge in [-0.1, -0.05) is 87.8 Å². The lowest BCUT2D eigenvalue weighted by atomic mass is 9.78. The van der Waals surface area contributed by atoms with Gasteiger partial charge in [0.25, 0.3) is 5.91 Å². The van der Waals surface area contributed by atoms with E-state index in [2.05, 4.69) is 5.32 Å². The minimum atomic E-state index is -2.12. The maximum Gasteiger partial charge on any atom is 0.414 e. The lowest BCUT2D eigenvalue weighted by Crippen LogP contribution is -2.76. The molecule has 0 saturated carbocycles. The second-order valence-corrected chi connectivity index (χ2v) is 16.1. The number of benzene rings is 1. The van der Waals surface area contributed by atoms with E-state index < -0.39 is 83.9 Å². The second kappa shape index (κ2) is 11.1. The number of carboxylic acid groups (broad SMARTS) is 1. The van der Waals surface area contributed by atoms with Crippen LogP contribution in [0.1, 0.15) is 20.3 Å². The normalized spacial score (nSPS) is 26.3. The Bertz CT molecular complexity index is 1120. The van der Waals surface area contributed by atoms with Crippen molar-refractivity contribution in [2.24, 2.45) is 0 Å². The number of carboxylic acids is 1. The van der Waals surface area contributed by atoms with Gasteiger partial charge in [-0.05, 0) is 37.2 Å². The zero-order chi connectivity index (χ0) is 28.8. The Labute approximate surface area is 250 Å². The number of anilines is 1. The van der Waals surface area contributed by atoms with Gasteiger partial charge in [0, 0.05) is 12.1 Å². The van der Waals surface area contributed by atoms with Gasteiger partial charge in [0.05, 0.1) is 0 Å². The summed E-state index contributed by atoms with van der Waals surface area (Å²) in [6.45, 7) is 1.54. The van der Waals surface area contributed by atoms with Gasteiger partial charge in [0.2, 0.25) is 15.1 Å². The molecule has 1 aromatic carbocycles. The van der Waals surface area contributed by atoms with E-state index in [1.165, 1.54) is 26.0 Å². The highest BCUT2D eigenvalue weighted by molar-refractivity contribution is 7.94. The summed E-state index contributed by atoms with van der Waals surface area (Å²) < 4.78 is 12.9. The number of β-lactam (4-membered cyclic amide) rings is 1. The number of halogens is 6. The maximum atomic E-state index is 13.4. The van der Waals surface area contributed by atoms with E-state index in [0.717, 1.165) is 9.80 Å². The van der Waals surface area contributed by atoms with Crippen LogP contribution in [0.3, 0.4) is 0 Å². The Morgan fingerprint density at radius 1 is 1.13 bits per heavy atom. The van der Waals surface area contributed by atoms with Gasteiger partial charge in [0.1, 0.15) is 13.2 Å². The van der Waals surface area contributed by atoms with Crippen molar-refractivity contribution in [3.8, 4) is 0 Å². The molecule has 1 aromatic rings. The van der Waals surface area contributed by atoms with Crippen LogP contribution in [0.5, 0.6) is 0 Å². The summed E-state index contributed by atoms with van der Waals surface area (Å²) in [4.78, 5) is 53.1. The quantitative estimate of drug-likeness (QED) is 0.256. The van der Waals surface area contributed by atoms with Gasteiger partial charge in [-0.15, -0.1) is 0 Å². The van der Waals surface area contributed by atoms with Crippen LogP contribution < -0.4 is 10.2 Å². The number of hydrogen-bond acceptors (Lipinski definition) is 6. The van der Waals surface area contributed by atoms with Crippen molar-refractivity contribution < 1.29 is 33.6 Å². The fourth-order valence-electron chi connectivity index (χ4n) is 4.46. The van der Waals surface area contributed by atoms with Crippen LogP contribution in [0, 0.1) is 0 Å². The molecule has 3 amide bonds. The number of nitrogens with zero attached hydrogens (tertiary/aromatic N) is 2. The maximum absolute atomic E-state index is 13.4. The zero-order valence-corrected chi connectivity index (χ0v) is 25.0. The molecule has 0 spiro atoms. The molecule has 2 heterocycles. The van der Waals surface area contributed by atoms with Crippen molar-refractivity contribution in [1.82, 2.24) is 10.2 Å². The van der Waals surface area contributed by atoms with Gasteiger partial charge >= 0.3 is 12.1 Å². The molecule has 2 aliphatic heterocycles. The summed E-state index contributed by atoms with van der Waals surface area (Å²) in [6, 6.07) is 6.58. The smallest absolute Gasteiger partial charge is 0.414 e. The summed E-state index contributed by atoms with van der Waals surface area (Å²) in [5, 5.41) is 11.3. The average Bonchev–Trinajstić information content (AvgIpc) is 2.94. The standard InChI is InChI=1S/C21H21Cl6N3O7S/c1-18(2)19(16(33)34,9-20(22,23)24)30-14(32)13(15(30)38(18)36)28-12(31)8-29(11-6-4-3-5-7-11)17(35)37-10-21(25,26)27/h3-7,13,15H,8-10H2,1-2H3,(H,28,31)(H,33,34)/t13?,15-,19?,38?/m1/s1. The number of hydrogen-bond donors (Lipinski definition) is 2. The molecule has 0 radical (unpaired) electrons. The molecule has 38 heavy (non-hydrogen) atoms. The van der Waals surface area contributed by atoms with E-state index in [9.17, 15) is 28.8 Å². The second-order valence-electron chi connectivity index (χ2n) is 9.00. The fourth-order valence-corrected chi connectivity index (χ4v) is 7.30. The molecule has 2 fully saturated rings. The summed E-state index contributed by atoms with van der Waals surface area (Å²) in [5.74, 6) is -3.17. The van der Waals surface area contributed by atoms with Crippen molar-refractivity contribution in [2.75, 3.05) is 18.1 Å². The number of fused-ring (bicyclic) bond motifs is 1. The molecule has 17 heteroatoms. The molecule has 3 rings (SSSR count).